The van der Waals surface area contributed by atoms with Crippen LogP contribution in [-0.2, 0) is 16.0 Å². The van der Waals surface area contributed by atoms with Gasteiger partial charge in [0.1, 0.15) is 0 Å². The molecular formula is C22H35N3O2. The Balaban J connectivity index is 1.57. The summed E-state index contributed by atoms with van der Waals surface area (Å²) in [6.45, 7) is 13.0. The Morgan fingerprint density at radius 1 is 1.26 bits per heavy atom. The maximum Gasteiger partial charge on any atom is 0.238 e. The summed E-state index contributed by atoms with van der Waals surface area (Å²) in [6.07, 6.45) is 3.87. The Hall–Kier alpha value is -1.43. The SMILES string of the molecule is CCc1cccc(C)c1NC(=O)CN1CCCC1CN1CC(C)OC(C)C1. The number of ether oxygens (including phenoxy) is 1. The monoisotopic (exact) mass is 373 g/mol. The number of likely N-dealkylation sites (tertiary alicyclic amines) is 1. The second kappa shape index (κ2) is 9.18. The Morgan fingerprint density at radius 2 is 2.00 bits per heavy atom. The van der Waals surface area contributed by atoms with E-state index in [1.807, 2.05) is 0 Å². The van der Waals surface area contributed by atoms with E-state index in [0.29, 0.717) is 24.8 Å². The van der Waals surface area contributed by atoms with Crippen LogP contribution in [0.1, 0.15) is 44.7 Å². The molecule has 0 radical (unpaired) electrons. The van der Waals surface area contributed by atoms with E-state index in [1.54, 1.807) is 0 Å². The van der Waals surface area contributed by atoms with E-state index in [0.717, 1.165) is 43.9 Å². The van der Waals surface area contributed by atoms with Crippen molar-refractivity contribution >= 4 is 11.6 Å². The van der Waals surface area contributed by atoms with Crippen LogP contribution in [0.4, 0.5) is 5.69 Å². The van der Waals surface area contributed by atoms with E-state index in [1.165, 1.54) is 18.4 Å². The van der Waals surface area contributed by atoms with Crippen molar-refractivity contribution in [2.24, 2.45) is 0 Å². The molecule has 27 heavy (non-hydrogen) atoms. The summed E-state index contributed by atoms with van der Waals surface area (Å²) < 4.78 is 5.85. The first-order chi connectivity index (χ1) is 13.0. The highest BCUT2D eigenvalue weighted by molar-refractivity contribution is 5.93. The molecule has 150 valence electrons. The quantitative estimate of drug-likeness (QED) is 0.832. The molecule has 2 fully saturated rings. The third-order valence-corrected chi connectivity index (χ3v) is 5.81. The summed E-state index contributed by atoms with van der Waals surface area (Å²) in [5, 5.41) is 3.18. The van der Waals surface area contributed by atoms with Gasteiger partial charge < -0.3 is 10.1 Å². The van der Waals surface area contributed by atoms with E-state index in [4.69, 9.17) is 4.74 Å². The van der Waals surface area contributed by atoms with Crippen LogP contribution < -0.4 is 5.32 Å². The van der Waals surface area contributed by atoms with Gasteiger partial charge in [0, 0.05) is 31.4 Å². The number of hydrogen-bond donors (Lipinski definition) is 1. The fourth-order valence-corrected chi connectivity index (χ4v) is 4.61. The lowest BCUT2D eigenvalue weighted by Crippen LogP contribution is -2.50. The van der Waals surface area contributed by atoms with Gasteiger partial charge in [0.15, 0.2) is 0 Å². The number of morpholine rings is 1. The van der Waals surface area contributed by atoms with Crippen molar-refractivity contribution in [2.45, 2.75) is 65.2 Å². The standard InChI is InChI=1S/C22H35N3O2/c1-5-19-9-6-8-16(2)22(19)23-21(26)15-25-11-7-10-20(25)14-24-12-17(3)27-18(4)13-24/h6,8-9,17-18,20H,5,7,10-15H2,1-4H3,(H,23,26). The molecule has 2 saturated heterocycles. The molecule has 1 N–H and O–H groups in total. The number of nitrogens with zero attached hydrogens (tertiary/aromatic N) is 2. The Bertz CT molecular complexity index is 638. The fourth-order valence-electron chi connectivity index (χ4n) is 4.61. The number of aryl methyl sites for hydroxylation is 2. The average Bonchev–Trinajstić information content (AvgIpc) is 3.02. The number of rotatable bonds is 6. The molecule has 3 rings (SSSR count). The molecule has 0 bridgehead atoms. The lowest BCUT2D eigenvalue weighted by Gasteiger charge is -2.38. The summed E-state index contributed by atoms with van der Waals surface area (Å²) in [4.78, 5) is 17.6. The molecule has 2 aliphatic rings. The first-order valence-corrected chi connectivity index (χ1v) is 10.5. The van der Waals surface area contributed by atoms with Gasteiger partial charge in [0.2, 0.25) is 5.91 Å². The number of amides is 1. The maximum atomic E-state index is 12.7. The van der Waals surface area contributed by atoms with Crippen LogP contribution in [0.5, 0.6) is 0 Å². The second-order valence-corrected chi connectivity index (χ2v) is 8.25. The van der Waals surface area contributed by atoms with Gasteiger partial charge in [-0.25, -0.2) is 0 Å². The molecule has 2 heterocycles. The maximum absolute atomic E-state index is 12.7. The minimum Gasteiger partial charge on any atom is -0.373 e. The number of anilines is 1. The number of carbonyl (C=O) groups is 1. The minimum absolute atomic E-state index is 0.106. The molecule has 0 spiro atoms. The lowest BCUT2D eigenvalue weighted by molar-refractivity contribution is -0.117. The van der Waals surface area contributed by atoms with Gasteiger partial charge in [-0.05, 0) is 57.7 Å². The highest BCUT2D eigenvalue weighted by Crippen LogP contribution is 2.23. The van der Waals surface area contributed by atoms with Gasteiger partial charge in [0.05, 0.1) is 18.8 Å². The van der Waals surface area contributed by atoms with Gasteiger partial charge in [-0.2, -0.15) is 0 Å². The molecule has 2 aliphatic heterocycles. The molecular weight excluding hydrogens is 338 g/mol. The zero-order chi connectivity index (χ0) is 19.4. The first-order valence-electron chi connectivity index (χ1n) is 10.5. The van der Waals surface area contributed by atoms with Crippen molar-refractivity contribution in [2.75, 3.05) is 38.0 Å². The molecule has 1 amide bonds. The van der Waals surface area contributed by atoms with Crippen molar-refractivity contribution in [3.8, 4) is 0 Å². The molecule has 0 saturated carbocycles. The summed E-state index contributed by atoms with van der Waals surface area (Å²) in [5.41, 5.74) is 3.34. The van der Waals surface area contributed by atoms with E-state index in [2.05, 4.69) is 61.0 Å². The number of hydrogen-bond acceptors (Lipinski definition) is 4. The molecule has 1 aromatic carbocycles. The van der Waals surface area contributed by atoms with Gasteiger partial charge >= 0.3 is 0 Å². The second-order valence-electron chi connectivity index (χ2n) is 8.25. The third kappa shape index (κ3) is 5.31. The van der Waals surface area contributed by atoms with E-state index < -0.39 is 0 Å². The van der Waals surface area contributed by atoms with Gasteiger partial charge in [0.25, 0.3) is 0 Å². The van der Waals surface area contributed by atoms with Crippen LogP contribution in [-0.4, -0.2) is 66.7 Å². The predicted molar refractivity (Wildman–Crippen MR) is 110 cm³/mol. The number of nitrogens with one attached hydrogen (secondary N) is 1. The lowest BCUT2D eigenvalue weighted by atomic mass is 10.1. The van der Waals surface area contributed by atoms with Crippen LogP contribution in [0.25, 0.3) is 0 Å². The topological polar surface area (TPSA) is 44.8 Å². The molecule has 0 aliphatic carbocycles. The third-order valence-electron chi connectivity index (χ3n) is 5.81. The van der Waals surface area contributed by atoms with E-state index in [9.17, 15) is 4.79 Å². The van der Waals surface area contributed by atoms with Crippen LogP contribution in [0.3, 0.4) is 0 Å². The van der Waals surface area contributed by atoms with Gasteiger partial charge in [-0.15, -0.1) is 0 Å². The zero-order valence-corrected chi connectivity index (χ0v) is 17.3. The van der Waals surface area contributed by atoms with E-state index in [-0.39, 0.29) is 5.91 Å². The highest BCUT2D eigenvalue weighted by atomic mass is 16.5. The Morgan fingerprint density at radius 3 is 2.70 bits per heavy atom. The van der Waals surface area contributed by atoms with Crippen molar-refractivity contribution in [1.82, 2.24) is 9.80 Å². The average molecular weight is 374 g/mol. The number of benzene rings is 1. The molecule has 5 nitrogen and oxygen atoms in total. The highest BCUT2D eigenvalue weighted by Gasteiger charge is 2.30. The van der Waals surface area contributed by atoms with Crippen molar-refractivity contribution in [3.05, 3.63) is 29.3 Å². The summed E-state index contributed by atoms with van der Waals surface area (Å²) >= 11 is 0. The Labute approximate surface area is 164 Å². The minimum atomic E-state index is 0.106. The molecule has 1 aromatic rings. The summed E-state index contributed by atoms with van der Waals surface area (Å²) in [5.74, 6) is 0.106. The molecule has 3 atom stereocenters. The zero-order valence-electron chi connectivity index (χ0n) is 17.3. The predicted octanol–water partition coefficient (Wildman–Crippen LogP) is 3.07. The summed E-state index contributed by atoms with van der Waals surface area (Å²) in [7, 11) is 0. The Kier molecular flexibility index (Phi) is 6.90. The van der Waals surface area contributed by atoms with Crippen molar-refractivity contribution in [1.29, 1.82) is 0 Å². The normalized spacial score (nSPS) is 27.0. The molecule has 0 aromatic heterocycles. The number of carbonyl (C=O) groups excluding carboxylic acids is 1. The first kappa shape index (κ1) is 20.3. The number of para-hydroxylation sites is 1. The van der Waals surface area contributed by atoms with Crippen molar-refractivity contribution < 1.29 is 9.53 Å². The van der Waals surface area contributed by atoms with Crippen LogP contribution in [0.2, 0.25) is 0 Å². The fraction of sp³-hybridized carbons (Fsp3) is 0.682. The molecule has 3 unspecified atom stereocenters. The smallest absolute Gasteiger partial charge is 0.238 e. The van der Waals surface area contributed by atoms with Crippen LogP contribution in [0.15, 0.2) is 18.2 Å². The molecule has 5 heteroatoms. The van der Waals surface area contributed by atoms with E-state index >= 15 is 0 Å². The van der Waals surface area contributed by atoms with Crippen molar-refractivity contribution in [3.63, 3.8) is 0 Å². The van der Waals surface area contributed by atoms with Gasteiger partial charge in [-0.1, -0.05) is 25.1 Å². The van der Waals surface area contributed by atoms with Crippen LogP contribution in [0, 0.1) is 6.92 Å². The van der Waals surface area contributed by atoms with Crippen LogP contribution >= 0.6 is 0 Å². The van der Waals surface area contributed by atoms with Gasteiger partial charge in [-0.3, -0.25) is 14.6 Å². The summed E-state index contributed by atoms with van der Waals surface area (Å²) in [6, 6.07) is 6.69. The largest absolute Gasteiger partial charge is 0.373 e.